The summed E-state index contributed by atoms with van der Waals surface area (Å²) in [6, 6.07) is 10.6. The molecule has 5 fully saturated rings. The SMILES string of the molecule is COC(=O)[C@H]1C[C@@H]2[C@@H](CCc3ccccc3)[C@@H]3C[C@H]4[C@@H]5CC=C6C[C@@H](OC(C)=O)CC[C@]6(C)[C@H]5CC[C@]4(C)[C@]3(OC)ON2O1. The maximum atomic E-state index is 12.6. The fraction of sp³-hybridized carbons (Fsp3) is 0.722. The molecule has 8 heteroatoms. The van der Waals surface area contributed by atoms with Crippen LogP contribution in [0.15, 0.2) is 42.0 Å². The fourth-order valence-electron chi connectivity index (χ4n) is 11.1. The van der Waals surface area contributed by atoms with Crippen LogP contribution in [-0.4, -0.2) is 55.4 Å². The first-order valence-electron chi connectivity index (χ1n) is 16.8. The summed E-state index contributed by atoms with van der Waals surface area (Å²) in [5, 5.41) is 1.65. The molecule has 0 N–H and O–H groups in total. The lowest BCUT2D eigenvalue weighted by atomic mass is 9.47. The lowest BCUT2D eigenvalue weighted by Gasteiger charge is -2.60. The van der Waals surface area contributed by atoms with E-state index < -0.39 is 11.9 Å². The first-order chi connectivity index (χ1) is 21.1. The number of methoxy groups -OCH3 is 2. The highest BCUT2D eigenvalue weighted by Crippen LogP contribution is 2.72. The lowest BCUT2D eigenvalue weighted by molar-refractivity contribution is -0.505. The number of hydrogen-bond acceptors (Lipinski definition) is 8. The molecule has 0 spiro atoms. The Morgan fingerprint density at radius 1 is 1.02 bits per heavy atom. The number of allylic oxidation sites excluding steroid dienone is 1. The van der Waals surface area contributed by atoms with Gasteiger partial charge in [0.05, 0.1) is 13.2 Å². The van der Waals surface area contributed by atoms with Crippen molar-refractivity contribution in [2.75, 3.05) is 14.2 Å². The molecule has 3 saturated carbocycles. The van der Waals surface area contributed by atoms with Gasteiger partial charge in [0.1, 0.15) is 6.10 Å². The summed E-state index contributed by atoms with van der Waals surface area (Å²) in [5.41, 5.74) is 2.75. The van der Waals surface area contributed by atoms with Crippen LogP contribution in [0.4, 0.5) is 0 Å². The predicted molar refractivity (Wildman–Crippen MR) is 162 cm³/mol. The molecule has 6 aliphatic rings. The number of benzene rings is 1. The first-order valence-corrected chi connectivity index (χ1v) is 16.8. The van der Waals surface area contributed by atoms with Crippen molar-refractivity contribution in [2.45, 2.75) is 109 Å². The topological polar surface area (TPSA) is 83.5 Å². The van der Waals surface area contributed by atoms with Crippen LogP contribution in [0.1, 0.15) is 84.1 Å². The second-order valence-corrected chi connectivity index (χ2v) is 14.9. The van der Waals surface area contributed by atoms with Gasteiger partial charge in [-0.25, -0.2) is 9.63 Å². The highest BCUT2D eigenvalue weighted by molar-refractivity contribution is 5.74. The zero-order valence-electron chi connectivity index (χ0n) is 27.0. The third kappa shape index (κ3) is 4.53. The Morgan fingerprint density at radius 3 is 2.55 bits per heavy atom. The van der Waals surface area contributed by atoms with Crippen LogP contribution in [0.25, 0.3) is 0 Å². The largest absolute Gasteiger partial charge is 0.467 e. The van der Waals surface area contributed by atoms with E-state index in [-0.39, 0.29) is 46.8 Å². The zero-order chi connectivity index (χ0) is 30.9. The summed E-state index contributed by atoms with van der Waals surface area (Å²) in [7, 11) is 3.23. The molecule has 1 aromatic rings. The van der Waals surface area contributed by atoms with E-state index in [0.29, 0.717) is 24.2 Å². The maximum absolute atomic E-state index is 12.6. The molecule has 8 nitrogen and oxygen atoms in total. The monoisotopic (exact) mass is 607 g/mol. The highest BCUT2D eigenvalue weighted by Gasteiger charge is 2.74. The summed E-state index contributed by atoms with van der Waals surface area (Å²) < 4.78 is 17.4. The third-order valence-corrected chi connectivity index (χ3v) is 13.1. The molecule has 240 valence electrons. The molecule has 0 radical (unpaired) electrons. The van der Waals surface area contributed by atoms with Crippen LogP contribution in [0.2, 0.25) is 0 Å². The first kappa shape index (κ1) is 30.4. The van der Waals surface area contributed by atoms with Crippen molar-refractivity contribution in [1.82, 2.24) is 5.23 Å². The predicted octanol–water partition coefficient (Wildman–Crippen LogP) is 6.19. The maximum Gasteiger partial charge on any atom is 0.337 e. The lowest BCUT2D eigenvalue weighted by Crippen LogP contribution is -2.64. The van der Waals surface area contributed by atoms with Crippen LogP contribution in [0.5, 0.6) is 0 Å². The van der Waals surface area contributed by atoms with E-state index in [4.69, 9.17) is 23.9 Å². The Morgan fingerprint density at radius 2 is 1.82 bits per heavy atom. The Labute approximate surface area is 261 Å². The van der Waals surface area contributed by atoms with Gasteiger partial charge in [-0.3, -0.25) is 9.63 Å². The van der Waals surface area contributed by atoms with E-state index in [2.05, 4.69) is 50.3 Å². The van der Waals surface area contributed by atoms with Gasteiger partial charge in [-0.05, 0) is 86.0 Å². The van der Waals surface area contributed by atoms with Crippen LogP contribution < -0.4 is 0 Å². The van der Waals surface area contributed by atoms with Crippen LogP contribution in [0.3, 0.4) is 0 Å². The number of carbonyl (C=O) groups is 2. The minimum atomic E-state index is -0.830. The molecule has 0 amide bonds. The minimum absolute atomic E-state index is 0.00407. The number of carbonyl (C=O) groups excluding carboxylic acids is 2. The fourth-order valence-corrected chi connectivity index (χ4v) is 11.1. The number of hydrogen-bond donors (Lipinski definition) is 0. The van der Waals surface area contributed by atoms with Crippen molar-refractivity contribution in [3.63, 3.8) is 0 Å². The highest BCUT2D eigenvalue weighted by atomic mass is 17.0. The Hall–Kier alpha value is -2.26. The molecule has 0 unspecified atom stereocenters. The second kappa shape index (κ2) is 11.2. The van der Waals surface area contributed by atoms with Crippen molar-refractivity contribution >= 4 is 11.9 Å². The van der Waals surface area contributed by atoms with E-state index in [1.807, 2.05) is 7.11 Å². The standard InChI is InChI=1S/C36H49NO7/c1-22(38)42-25-15-17-34(2)24(19-25)12-14-26-28(34)16-18-35(3)29(26)20-30-27(13-11-23-9-7-6-8-10-23)31-21-32(33(39)40-4)43-37(31)44-36(30,35)41-5/h6-10,12,25-32H,11,13-21H2,1-5H3/t25-,26+,27-,28-,29-,30-,31+,32+,34-,35-,36+/m0/s1. The summed E-state index contributed by atoms with van der Waals surface area (Å²) in [6.07, 6.45) is 11.4. The number of esters is 2. The third-order valence-electron chi connectivity index (χ3n) is 13.1. The summed E-state index contributed by atoms with van der Waals surface area (Å²) in [5.74, 6) is 0.647. The van der Waals surface area contributed by atoms with Gasteiger partial charge in [0.2, 0.25) is 0 Å². The van der Waals surface area contributed by atoms with Crippen molar-refractivity contribution in [3.05, 3.63) is 47.5 Å². The Bertz CT molecular complexity index is 1300. The molecule has 7 rings (SSSR count). The van der Waals surface area contributed by atoms with E-state index in [0.717, 1.165) is 57.8 Å². The average molecular weight is 608 g/mol. The number of hydroxylamine groups is 2. The summed E-state index contributed by atoms with van der Waals surface area (Å²) in [4.78, 5) is 37.5. The van der Waals surface area contributed by atoms with Gasteiger partial charge in [0.15, 0.2) is 11.9 Å². The Kier molecular flexibility index (Phi) is 7.75. The number of aryl methyl sites for hydroxylation is 1. The molecule has 11 atom stereocenters. The van der Waals surface area contributed by atoms with Crippen LogP contribution in [-0.2, 0) is 39.9 Å². The van der Waals surface area contributed by atoms with Crippen molar-refractivity contribution < 1.29 is 33.5 Å². The van der Waals surface area contributed by atoms with Gasteiger partial charge in [-0.1, -0.05) is 61.1 Å². The number of ether oxygens (including phenoxy) is 3. The molecular formula is C36H49NO7. The van der Waals surface area contributed by atoms with Gasteiger partial charge < -0.3 is 14.2 Å². The molecule has 1 aromatic carbocycles. The molecule has 0 aromatic heterocycles. The van der Waals surface area contributed by atoms with Crippen molar-refractivity contribution in [2.24, 2.45) is 40.4 Å². The molecule has 44 heavy (non-hydrogen) atoms. The average Bonchev–Trinajstić information content (AvgIpc) is 3.56. The number of rotatable bonds is 6. The van der Waals surface area contributed by atoms with Gasteiger partial charge in [0, 0.05) is 38.2 Å². The van der Waals surface area contributed by atoms with E-state index >= 15 is 0 Å². The molecule has 2 heterocycles. The van der Waals surface area contributed by atoms with E-state index in [9.17, 15) is 9.59 Å². The van der Waals surface area contributed by atoms with Crippen LogP contribution >= 0.6 is 0 Å². The summed E-state index contributed by atoms with van der Waals surface area (Å²) in [6.45, 7) is 6.40. The van der Waals surface area contributed by atoms with Crippen molar-refractivity contribution in [3.8, 4) is 0 Å². The molecule has 4 aliphatic carbocycles. The van der Waals surface area contributed by atoms with Gasteiger partial charge in [-0.2, -0.15) is 0 Å². The van der Waals surface area contributed by atoms with Crippen molar-refractivity contribution in [1.29, 1.82) is 0 Å². The Balaban J connectivity index is 1.21. The quantitative estimate of drug-likeness (QED) is 0.280. The number of nitrogens with zero attached hydrogens (tertiary/aromatic N) is 1. The molecule has 0 bridgehead atoms. The van der Waals surface area contributed by atoms with Gasteiger partial charge >= 0.3 is 11.9 Å². The summed E-state index contributed by atoms with van der Waals surface area (Å²) >= 11 is 0. The van der Waals surface area contributed by atoms with E-state index in [1.54, 1.807) is 5.23 Å². The minimum Gasteiger partial charge on any atom is -0.467 e. The molecule has 2 aliphatic heterocycles. The van der Waals surface area contributed by atoms with Gasteiger partial charge in [-0.15, -0.1) is 0 Å². The molecular weight excluding hydrogens is 558 g/mol. The normalized spacial score (nSPS) is 44.3. The second-order valence-electron chi connectivity index (χ2n) is 14.9. The number of fused-ring (bicyclic) bond motifs is 8. The van der Waals surface area contributed by atoms with Gasteiger partial charge in [0.25, 0.3) is 0 Å². The van der Waals surface area contributed by atoms with Crippen LogP contribution in [0, 0.1) is 40.4 Å². The zero-order valence-corrected chi connectivity index (χ0v) is 27.0. The molecule has 2 saturated heterocycles. The smallest absolute Gasteiger partial charge is 0.337 e. The van der Waals surface area contributed by atoms with E-state index in [1.165, 1.54) is 25.2 Å².